The average molecular weight is 382 g/mol. The van der Waals surface area contributed by atoms with Gasteiger partial charge in [0.05, 0.1) is 5.56 Å². The number of hydrogen-bond donors (Lipinski definition) is 3. The van der Waals surface area contributed by atoms with Crippen molar-refractivity contribution in [2.24, 2.45) is 0 Å². The first-order valence-electron chi connectivity index (χ1n) is 7.17. The number of allylic oxidation sites excluding steroid dienone is 1. The van der Waals surface area contributed by atoms with Crippen LogP contribution >= 0.6 is 11.6 Å². The number of carboxylic acids is 2. The van der Waals surface area contributed by atoms with Crippen molar-refractivity contribution in [1.29, 1.82) is 0 Å². The van der Waals surface area contributed by atoms with Gasteiger partial charge in [0.25, 0.3) is 0 Å². The van der Waals surface area contributed by atoms with E-state index in [9.17, 15) is 13.2 Å². The van der Waals surface area contributed by atoms with Gasteiger partial charge < -0.3 is 15.5 Å². The van der Waals surface area contributed by atoms with Crippen molar-refractivity contribution in [1.82, 2.24) is 5.32 Å². The second kappa shape index (κ2) is 11.5. The molecule has 0 fully saturated rings. The Bertz CT molecular complexity index is 591. The maximum atomic E-state index is 12.7. The Morgan fingerprint density at radius 1 is 1.24 bits per heavy atom. The highest BCUT2D eigenvalue weighted by Gasteiger charge is 2.30. The Morgan fingerprint density at radius 2 is 1.84 bits per heavy atom. The molecule has 1 aromatic rings. The van der Waals surface area contributed by atoms with Gasteiger partial charge in [-0.3, -0.25) is 0 Å². The van der Waals surface area contributed by atoms with E-state index in [0.29, 0.717) is 30.8 Å². The summed E-state index contributed by atoms with van der Waals surface area (Å²) in [7, 11) is 1.81. The number of halogens is 4. The summed E-state index contributed by atoms with van der Waals surface area (Å²) in [6.45, 7) is 0.713. The van der Waals surface area contributed by atoms with E-state index in [0.717, 1.165) is 11.6 Å². The number of hydrogen-bond acceptors (Lipinski definition) is 3. The van der Waals surface area contributed by atoms with Crippen LogP contribution < -0.4 is 5.32 Å². The molecule has 25 heavy (non-hydrogen) atoms. The predicted molar refractivity (Wildman–Crippen MR) is 88.6 cm³/mol. The zero-order valence-corrected chi connectivity index (χ0v) is 14.2. The molecule has 5 nitrogen and oxygen atoms in total. The molecule has 1 aromatic carbocycles. The Morgan fingerprint density at radius 3 is 2.28 bits per heavy atom. The maximum Gasteiger partial charge on any atom is 0.416 e. The molecule has 1 rings (SSSR count). The highest BCUT2D eigenvalue weighted by atomic mass is 35.5. The lowest BCUT2D eigenvalue weighted by Crippen LogP contribution is -2.09. The van der Waals surface area contributed by atoms with E-state index < -0.39 is 23.7 Å². The van der Waals surface area contributed by atoms with Gasteiger partial charge in [0.2, 0.25) is 0 Å². The minimum Gasteiger partial charge on any atom is -0.473 e. The summed E-state index contributed by atoms with van der Waals surface area (Å²) in [5.41, 5.74) is 0.877. The van der Waals surface area contributed by atoms with Crippen molar-refractivity contribution < 1.29 is 33.0 Å². The largest absolute Gasteiger partial charge is 0.473 e. The average Bonchev–Trinajstić information content (AvgIpc) is 2.55. The molecule has 0 saturated carbocycles. The topological polar surface area (TPSA) is 86.6 Å². The van der Waals surface area contributed by atoms with Crippen LogP contribution in [0.3, 0.4) is 0 Å². The first kappa shape index (κ1) is 22.9. The summed E-state index contributed by atoms with van der Waals surface area (Å²) in [6.07, 6.45) is -1.08. The highest BCUT2D eigenvalue weighted by Crippen LogP contribution is 2.31. The predicted octanol–water partition coefficient (Wildman–Crippen LogP) is 3.48. The summed E-state index contributed by atoms with van der Waals surface area (Å²) >= 11 is 5.63. The fourth-order valence-corrected chi connectivity index (χ4v) is 1.86. The number of benzene rings is 1. The van der Waals surface area contributed by atoms with Gasteiger partial charge in [-0.05, 0) is 49.7 Å². The normalized spacial score (nSPS) is 11.5. The molecule has 0 aromatic heterocycles. The van der Waals surface area contributed by atoms with Gasteiger partial charge in [-0.2, -0.15) is 13.2 Å². The van der Waals surface area contributed by atoms with E-state index in [1.807, 2.05) is 13.1 Å². The van der Waals surface area contributed by atoms with Crippen molar-refractivity contribution >= 4 is 29.1 Å². The molecule has 0 heterocycles. The molecule has 0 radical (unpaired) electrons. The molecule has 0 saturated heterocycles. The molecule has 0 aliphatic rings. The second-order valence-corrected chi connectivity index (χ2v) is 5.13. The maximum absolute atomic E-state index is 12.7. The third-order valence-corrected chi connectivity index (χ3v) is 3.11. The van der Waals surface area contributed by atoms with Crippen LogP contribution in [0.25, 0.3) is 5.57 Å². The second-order valence-electron chi connectivity index (χ2n) is 4.75. The molecule has 0 spiro atoms. The van der Waals surface area contributed by atoms with Crippen LogP contribution in [-0.4, -0.2) is 41.6 Å². The molecule has 9 heteroatoms. The van der Waals surface area contributed by atoms with E-state index in [1.54, 1.807) is 6.07 Å². The van der Waals surface area contributed by atoms with Crippen LogP contribution in [0.1, 0.15) is 24.0 Å². The van der Waals surface area contributed by atoms with Gasteiger partial charge in [-0.1, -0.05) is 18.2 Å². The Hall–Kier alpha value is -2.06. The summed E-state index contributed by atoms with van der Waals surface area (Å²) in [4.78, 5) is 18.2. The molecule has 0 atom stereocenters. The zero-order chi connectivity index (χ0) is 19.5. The van der Waals surface area contributed by atoms with Gasteiger partial charge in [-0.15, -0.1) is 11.6 Å². The van der Waals surface area contributed by atoms with Gasteiger partial charge in [0, 0.05) is 5.88 Å². The van der Waals surface area contributed by atoms with E-state index >= 15 is 0 Å². The fourth-order valence-electron chi connectivity index (χ4n) is 1.75. The van der Waals surface area contributed by atoms with Crippen LogP contribution in [-0.2, 0) is 15.8 Å². The zero-order valence-electron chi connectivity index (χ0n) is 13.4. The Labute approximate surface area is 148 Å². The number of carboxylic acid groups (broad SMARTS) is 2. The van der Waals surface area contributed by atoms with E-state index in [4.69, 9.17) is 31.4 Å². The van der Waals surface area contributed by atoms with Crippen LogP contribution in [0, 0.1) is 0 Å². The molecule has 0 aliphatic heterocycles. The molecule has 0 amide bonds. The quantitative estimate of drug-likeness (QED) is 0.518. The van der Waals surface area contributed by atoms with Crippen LogP contribution in [0.15, 0.2) is 30.3 Å². The SMILES string of the molecule is CNCCC(=CCCCl)c1cccc(C(F)(F)F)c1.O=C(O)C(=O)O. The first-order valence-corrected chi connectivity index (χ1v) is 7.70. The van der Waals surface area contributed by atoms with Crippen molar-refractivity contribution in [3.63, 3.8) is 0 Å². The lowest BCUT2D eigenvalue weighted by atomic mass is 9.99. The van der Waals surface area contributed by atoms with Crippen molar-refractivity contribution in [3.8, 4) is 0 Å². The number of alkyl halides is 4. The minimum atomic E-state index is -4.31. The highest BCUT2D eigenvalue weighted by molar-refractivity contribution is 6.27. The van der Waals surface area contributed by atoms with E-state index in [-0.39, 0.29) is 0 Å². The van der Waals surface area contributed by atoms with Crippen LogP contribution in [0.5, 0.6) is 0 Å². The number of aliphatic carboxylic acids is 2. The van der Waals surface area contributed by atoms with Crippen molar-refractivity contribution in [2.75, 3.05) is 19.5 Å². The number of nitrogens with one attached hydrogen (secondary N) is 1. The summed E-state index contributed by atoms with van der Waals surface area (Å²) in [5, 5.41) is 17.8. The summed E-state index contributed by atoms with van der Waals surface area (Å²) in [5.74, 6) is -3.19. The molecule has 0 unspecified atom stereocenters. The van der Waals surface area contributed by atoms with E-state index in [2.05, 4.69) is 5.32 Å². The number of rotatable bonds is 6. The molecule has 0 bridgehead atoms. The molecular weight excluding hydrogens is 363 g/mol. The van der Waals surface area contributed by atoms with Gasteiger partial charge in [0.1, 0.15) is 0 Å². The Kier molecular flexibility index (Phi) is 10.5. The molecular formula is C16H19ClF3NO4. The van der Waals surface area contributed by atoms with E-state index in [1.165, 1.54) is 12.1 Å². The summed E-state index contributed by atoms with van der Waals surface area (Å²) < 4.78 is 38.0. The van der Waals surface area contributed by atoms with Gasteiger partial charge in [-0.25, -0.2) is 9.59 Å². The first-order chi connectivity index (χ1) is 11.6. The minimum absolute atomic E-state index is 0.460. The molecule has 3 N–H and O–H groups in total. The molecule has 140 valence electrons. The monoisotopic (exact) mass is 381 g/mol. The molecule has 0 aliphatic carbocycles. The fraction of sp³-hybridized carbons (Fsp3) is 0.375. The Balaban J connectivity index is 0.000000823. The summed E-state index contributed by atoms with van der Waals surface area (Å²) in [6, 6.07) is 5.41. The van der Waals surface area contributed by atoms with Gasteiger partial charge >= 0.3 is 18.1 Å². The van der Waals surface area contributed by atoms with Gasteiger partial charge in [0.15, 0.2) is 0 Å². The standard InChI is InChI=1S/C14H17ClF3N.C2H2O4/c1-19-9-7-11(5-3-8-15)12-4-2-6-13(10-12)14(16,17)18;3-1(4)2(5)6/h2,4-6,10,19H,3,7-9H2,1H3;(H,3,4)(H,5,6). The lowest BCUT2D eigenvalue weighted by Gasteiger charge is -2.12. The lowest BCUT2D eigenvalue weighted by molar-refractivity contribution is -0.159. The van der Waals surface area contributed by atoms with Crippen LogP contribution in [0.2, 0.25) is 0 Å². The number of carbonyl (C=O) groups is 2. The van der Waals surface area contributed by atoms with Crippen molar-refractivity contribution in [2.45, 2.75) is 19.0 Å². The van der Waals surface area contributed by atoms with Crippen LogP contribution in [0.4, 0.5) is 13.2 Å². The third-order valence-electron chi connectivity index (χ3n) is 2.89. The third kappa shape index (κ3) is 9.73. The smallest absolute Gasteiger partial charge is 0.416 e. The van der Waals surface area contributed by atoms with Crippen molar-refractivity contribution in [3.05, 3.63) is 41.5 Å².